The zero-order valence-electron chi connectivity index (χ0n) is 50.6. The molecular formula is C54H102Br2N2O30. The van der Waals surface area contributed by atoms with E-state index >= 15 is 0 Å². The molecule has 22 saturated heterocycles. The molecule has 0 aromatic carbocycles. The number of ether oxygens (including phenoxy) is 12. The average Bonchev–Trinajstić information content (AvgIpc) is 0.886. The summed E-state index contributed by atoms with van der Waals surface area (Å²) >= 11 is 0. The van der Waals surface area contributed by atoms with E-state index in [0.717, 1.165) is 8.97 Å². The summed E-state index contributed by atoms with van der Waals surface area (Å²) in [5, 5.41) is 196. The molecule has 0 spiro atoms. The van der Waals surface area contributed by atoms with Gasteiger partial charge in [0.05, 0.1) is 95.0 Å². The van der Waals surface area contributed by atoms with Crippen LogP contribution in [0, 0.1) is 0 Å². The van der Waals surface area contributed by atoms with Gasteiger partial charge in [0.1, 0.15) is 146 Å². The summed E-state index contributed by atoms with van der Waals surface area (Å²) in [4.78, 5) is 0. The van der Waals surface area contributed by atoms with Crippen LogP contribution in [0.5, 0.6) is 0 Å². The highest BCUT2D eigenvalue weighted by Crippen LogP contribution is 2.38. The lowest BCUT2D eigenvalue weighted by atomic mass is 9.94. The molecule has 22 rings (SSSR count). The molecule has 0 aliphatic carbocycles. The van der Waals surface area contributed by atoms with Crippen LogP contribution in [0.2, 0.25) is 0 Å². The van der Waals surface area contributed by atoms with Crippen LogP contribution in [0.1, 0.15) is 64.2 Å². The topological polar surface area (TPSA) is 475 Å². The second-order valence-corrected chi connectivity index (χ2v) is 25.4. The fraction of sp³-hybridized carbons (Fsp3) is 1.00. The van der Waals surface area contributed by atoms with Crippen LogP contribution in [0.3, 0.4) is 0 Å². The third kappa shape index (κ3) is 20.6. The second-order valence-electron chi connectivity index (χ2n) is 25.4. The van der Waals surface area contributed by atoms with Gasteiger partial charge in [-0.05, 0) is 25.7 Å². The number of unbranched alkanes of at least 4 members (excludes halogenated alkanes) is 9. The SMILES string of the molecule is C[N+](C)(C)CCCCCCCCCCCC[N+](C)(C)C.OC[C@H]1O[C@@H]2O[C@H]3[C@H](O)[C@@H](O)[C@@H](O[C@H]4[C@H](O)[C@@H](O)[C@@H](O[C@H]5[C@H](O)[C@@H](O)[C@@H](O[C@H]6[C@H](O)[C@@H](O)[C@@H](O[C@H]7[C@H](O)[C@@H](O)[C@@H](O[C@H]1[C@H](O)[C@H]2O)O[C@@H]7CO)O[C@@H]6CO)O[C@@H]5CO)O[C@@H]4CO)O[C@@H]3CO.[Br-].[Br-]. The Morgan fingerprint density at radius 2 is 0.352 bits per heavy atom. The smallest absolute Gasteiger partial charge is 0.187 e. The molecule has 22 aliphatic heterocycles. The van der Waals surface area contributed by atoms with E-state index in [1.54, 1.807) is 0 Å². The number of halogens is 2. The number of hydrogen-bond donors (Lipinski definition) is 18. The van der Waals surface area contributed by atoms with Crippen molar-refractivity contribution in [1.29, 1.82) is 0 Å². The molecule has 88 heavy (non-hydrogen) atoms. The van der Waals surface area contributed by atoms with Gasteiger partial charge in [-0.15, -0.1) is 0 Å². The maximum atomic E-state index is 11.2. The number of rotatable bonds is 19. The first kappa shape index (κ1) is 80.1. The summed E-state index contributed by atoms with van der Waals surface area (Å²) < 4.78 is 70.1. The number of quaternary nitrogens is 2. The average molecular weight is 1420 g/mol. The number of aliphatic hydroxyl groups excluding tert-OH is 18. The van der Waals surface area contributed by atoms with Crippen molar-refractivity contribution in [2.75, 3.05) is 95.0 Å². The second kappa shape index (κ2) is 36.7. The molecule has 34 heteroatoms. The summed E-state index contributed by atoms with van der Waals surface area (Å²) in [7, 11) is 13.7. The quantitative estimate of drug-likeness (QED) is 0.0422. The minimum atomic E-state index is -2.15. The highest BCUT2D eigenvalue weighted by atomic mass is 79.9. The highest BCUT2D eigenvalue weighted by Gasteiger charge is 2.59. The lowest BCUT2D eigenvalue weighted by Crippen LogP contribution is -3.00. The zero-order valence-corrected chi connectivity index (χ0v) is 53.8. The van der Waals surface area contributed by atoms with Crippen molar-refractivity contribution < 1.29 is 192 Å². The first-order chi connectivity index (χ1) is 40.6. The maximum Gasteiger partial charge on any atom is 0.187 e. The van der Waals surface area contributed by atoms with E-state index in [2.05, 4.69) is 42.3 Å². The van der Waals surface area contributed by atoms with Gasteiger partial charge in [0.15, 0.2) is 37.7 Å². The van der Waals surface area contributed by atoms with Crippen LogP contribution in [0.4, 0.5) is 0 Å². The largest absolute Gasteiger partial charge is 1.00 e. The van der Waals surface area contributed by atoms with Gasteiger partial charge in [-0.2, -0.15) is 0 Å². The zero-order chi connectivity index (χ0) is 63.5. The van der Waals surface area contributed by atoms with Crippen LogP contribution in [0.25, 0.3) is 0 Å². The van der Waals surface area contributed by atoms with Crippen LogP contribution in [-0.4, -0.2) is 380 Å². The van der Waals surface area contributed by atoms with Gasteiger partial charge in [0, 0.05) is 0 Å². The lowest BCUT2D eigenvalue weighted by Gasteiger charge is -2.50. The Labute approximate surface area is 533 Å². The Morgan fingerprint density at radius 3 is 0.477 bits per heavy atom. The normalized spacial score (nSPS) is 44.5. The Hall–Kier alpha value is -0.320. The van der Waals surface area contributed by atoms with Crippen LogP contribution < -0.4 is 34.0 Å². The summed E-state index contributed by atoms with van der Waals surface area (Å²) in [6.45, 7) is -3.34. The molecule has 22 aliphatic rings. The van der Waals surface area contributed by atoms with Gasteiger partial charge in [-0.3, -0.25) is 0 Å². The minimum Gasteiger partial charge on any atom is -1.00 e. The molecule has 0 amide bonds. The van der Waals surface area contributed by atoms with Crippen molar-refractivity contribution in [3.05, 3.63) is 0 Å². The molecule has 12 bridgehead atoms. The standard InChI is InChI=1S/C36H60O30.C18H42N2.2BrH/c37-1-7-25-13(43)19(49)31(55-7)62-26-8(2-38)57-33(21(51)15(26)45)64-28-10(4-40)59-35(23(53)17(28)47)66-30-12(6-42)60-36(24(54)18(30)48)65-29-11(5-41)58-34(22(52)16(29)46)63-27-9(3-39)56-32(61-25)20(50)14(27)44;1-19(2,3)17-15-13-11-9-7-8-10-12-14-16-18-20(4,5)6;;/h7-54H,1-6H2;7-18H2,1-6H3;2*1H/q;+2;;/p-2/t7-,8-,9-,10-,11-,12-,13-,14-,15-,16-,17-,18-,19-,20-,21-,22-,23-,24-,25-,26-,27-,28-,29-,30-,31-,32-,33-,34-,35-,36-;;;/m1.../s1. The summed E-state index contributed by atoms with van der Waals surface area (Å²) in [6.07, 6.45) is -44.1. The van der Waals surface area contributed by atoms with Crippen molar-refractivity contribution in [2.24, 2.45) is 0 Å². The van der Waals surface area contributed by atoms with E-state index in [-0.39, 0.29) is 34.0 Å². The van der Waals surface area contributed by atoms with Crippen LogP contribution in [-0.2, 0) is 56.8 Å². The van der Waals surface area contributed by atoms with Gasteiger partial charge in [-0.1, -0.05) is 38.5 Å². The number of hydrogen-bond acceptors (Lipinski definition) is 30. The molecule has 0 radical (unpaired) electrons. The first-order valence-electron chi connectivity index (χ1n) is 29.9. The molecule has 522 valence electrons. The number of nitrogens with zero attached hydrogens (tertiary/aromatic N) is 2. The predicted molar refractivity (Wildman–Crippen MR) is 288 cm³/mol. The molecular weight excluding hydrogens is 1320 g/mol. The molecule has 0 aromatic rings. The van der Waals surface area contributed by atoms with Crippen LogP contribution >= 0.6 is 0 Å². The van der Waals surface area contributed by atoms with Crippen molar-refractivity contribution >= 4 is 0 Å². The molecule has 30 atom stereocenters. The highest BCUT2D eigenvalue weighted by molar-refractivity contribution is 5.01. The fourth-order valence-corrected chi connectivity index (χ4v) is 11.5. The Morgan fingerprint density at radius 1 is 0.216 bits per heavy atom. The van der Waals surface area contributed by atoms with E-state index < -0.39 is 224 Å². The molecule has 18 N–H and O–H groups in total. The molecule has 0 aromatic heterocycles. The summed E-state index contributed by atoms with van der Waals surface area (Å²) in [5.74, 6) is 0. The molecule has 32 nitrogen and oxygen atoms in total. The monoisotopic (exact) mass is 1420 g/mol. The van der Waals surface area contributed by atoms with Gasteiger partial charge in [0.2, 0.25) is 0 Å². The van der Waals surface area contributed by atoms with Gasteiger partial charge in [0.25, 0.3) is 0 Å². The van der Waals surface area contributed by atoms with Gasteiger partial charge < -0.3 is 192 Å². The first-order valence-corrected chi connectivity index (χ1v) is 29.9. The molecule has 22 heterocycles. The summed E-state index contributed by atoms with van der Waals surface area (Å²) in [6, 6.07) is 0. The van der Waals surface area contributed by atoms with Gasteiger partial charge >= 0.3 is 0 Å². The molecule has 0 saturated carbocycles. The number of aliphatic hydroxyl groups is 18. The van der Waals surface area contributed by atoms with Crippen LogP contribution in [0.15, 0.2) is 0 Å². The summed E-state index contributed by atoms with van der Waals surface area (Å²) in [5.41, 5.74) is 0. The Kier molecular flexibility index (Phi) is 33.4. The Bertz CT molecular complexity index is 1630. The van der Waals surface area contributed by atoms with E-state index in [1.165, 1.54) is 77.3 Å². The molecule has 22 fully saturated rings. The third-order valence-electron chi connectivity index (χ3n) is 16.6. The van der Waals surface area contributed by atoms with Gasteiger partial charge in [-0.25, -0.2) is 0 Å². The van der Waals surface area contributed by atoms with Crippen molar-refractivity contribution in [3.8, 4) is 0 Å². The van der Waals surface area contributed by atoms with Crippen molar-refractivity contribution in [1.82, 2.24) is 0 Å². The maximum absolute atomic E-state index is 11.2. The minimum absolute atomic E-state index is 0. The van der Waals surface area contributed by atoms with E-state index in [9.17, 15) is 91.9 Å². The van der Waals surface area contributed by atoms with E-state index in [0.29, 0.717) is 0 Å². The van der Waals surface area contributed by atoms with Crippen molar-refractivity contribution in [2.45, 2.75) is 248 Å². The molecule has 0 unspecified atom stereocenters. The van der Waals surface area contributed by atoms with Crippen molar-refractivity contribution in [3.63, 3.8) is 0 Å². The fourth-order valence-electron chi connectivity index (χ4n) is 11.5. The lowest BCUT2D eigenvalue weighted by molar-refractivity contribution is -0.870. The predicted octanol–water partition coefficient (Wildman–Crippen LogP) is -14.7. The van der Waals surface area contributed by atoms with E-state index in [4.69, 9.17) is 56.8 Å². The third-order valence-corrected chi connectivity index (χ3v) is 16.6. The van der Waals surface area contributed by atoms with E-state index in [1.807, 2.05) is 0 Å². The Balaban J connectivity index is 0.000000646.